The molecule has 0 unspecified atom stereocenters. The number of hydrogen-bond donors (Lipinski definition) is 0. The molecule has 0 aromatic heterocycles. The van der Waals surface area contributed by atoms with Gasteiger partial charge in [-0.2, -0.15) is 0 Å². The fraction of sp³-hybridized carbons (Fsp3) is 0.133. The predicted molar refractivity (Wildman–Crippen MR) is 79.2 cm³/mol. The maximum Gasteiger partial charge on any atom is 0.161 e. The minimum Gasteiger partial charge on any atom is -0.493 e. The van der Waals surface area contributed by atoms with E-state index in [9.17, 15) is 4.79 Å². The highest BCUT2D eigenvalue weighted by Crippen LogP contribution is 2.29. The third-order valence-electron chi connectivity index (χ3n) is 2.72. The molecule has 0 radical (unpaired) electrons. The molecule has 5 heteroatoms. The van der Waals surface area contributed by atoms with Gasteiger partial charge in [-0.1, -0.05) is 29.3 Å². The number of carbonyl (C=O) groups is 1. The summed E-state index contributed by atoms with van der Waals surface area (Å²) in [5.74, 6) is 1.05. The number of rotatable bonds is 5. The lowest BCUT2D eigenvalue weighted by molar-refractivity contribution is 0.112. The van der Waals surface area contributed by atoms with Gasteiger partial charge in [0, 0.05) is 21.2 Å². The van der Waals surface area contributed by atoms with Crippen molar-refractivity contribution in [2.45, 2.75) is 6.61 Å². The van der Waals surface area contributed by atoms with E-state index in [4.69, 9.17) is 32.7 Å². The number of ether oxygens (including phenoxy) is 2. The molecule has 0 atom stereocenters. The largest absolute Gasteiger partial charge is 0.493 e. The second-order valence-corrected chi connectivity index (χ2v) is 4.90. The maximum atomic E-state index is 10.7. The van der Waals surface area contributed by atoms with E-state index in [1.165, 1.54) is 7.11 Å². The number of halogens is 2. The molecule has 0 saturated carbocycles. The van der Waals surface area contributed by atoms with E-state index < -0.39 is 0 Å². The zero-order chi connectivity index (χ0) is 14.5. The van der Waals surface area contributed by atoms with Gasteiger partial charge in [0.1, 0.15) is 12.9 Å². The zero-order valence-electron chi connectivity index (χ0n) is 10.7. The van der Waals surface area contributed by atoms with Crippen LogP contribution in [0.4, 0.5) is 0 Å². The average Bonchev–Trinajstić information content (AvgIpc) is 2.46. The highest BCUT2D eigenvalue weighted by Gasteiger charge is 2.07. The Kier molecular flexibility index (Phi) is 4.88. The molecular formula is C15H12Cl2O3. The van der Waals surface area contributed by atoms with Crippen LogP contribution in [0.25, 0.3) is 0 Å². The first-order chi connectivity index (χ1) is 9.63. The summed E-state index contributed by atoms with van der Waals surface area (Å²) in [6, 6.07) is 10.2. The Hall–Kier alpha value is -1.71. The normalized spacial score (nSPS) is 10.2. The number of methoxy groups -OCH3 is 1. The van der Waals surface area contributed by atoms with E-state index in [0.29, 0.717) is 27.1 Å². The van der Waals surface area contributed by atoms with Crippen LogP contribution in [-0.2, 0) is 6.61 Å². The molecule has 0 aliphatic heterocycles. The Labute approximate surface area is 127 Å². The summed E-state index contributed by atoms with van der Waals surface area (Å²) in [6.45, 7) is 0.285. The van der Waals surface area contributed by atoms with Gasteiger partial charge in [-0.15, -0.1) is 0 Å². The van der Waals surface area contributed by atoms with Crippen molar-refractivity contribution in [2.75, 3.05) is 7.11 Å². The lowest BCUT2D eigenvalue weighted by Crippen LogP contribution is -1.99. The molecule has 0 bridgehead atoms. The fourth-order valence-electron chi connectivity index (χ4n) is 1.67. The third kappa shape index (κ3) is 3.44. The van der Waals surface area contributed by atoms with Crippen LogP contribution in [0, 0.1) is 0 Å². The minimum absolute atomic E-state index is 0.285. The van der Waals surface area contributed by atoms with E-state index in [1.54, 1.807) is 36.4 Å². The number of carbonyl (C=O) groups excluding carboxylic acids is 1. The van der Waals surface area contributed by atoms with Crippen molar-refractivity contribution in [3.8, 4) is 11.5 Å². The molecule has 0 aliphatic rings. The minimum atomic E-state index is 0.285. The van der Waals surface area contributed by atoms with Crippen molar-refractivity contribution in [3.05, 3.63) is 57.6 Å². The molecule has 0 N–H and O–H groups in total. The molecule has 0 saturated heterocycles. The van der Waals surface area contributed by atoms with Crippen LogP contribution in [0.2, 0.25) is 10.0 Å². The summed E-state index contributed by atoms with van der Waals surface area (Å²) in [5, 5.41) is 1.12. The lowest BCUT2D eigenvalue weighted by atomic mass is 10.2. The van der Waals surface area contributed by atoms with Crippen molar-refractivity contribution in [3.63, 3.8) is 0 Å². The number of aldehydes is 1. The lowest BCUT2D eigenvalue weighted by Gasteiger charge is -2.12. The van der Waals surface area contributed by atoms with Gasteiger partial charge in [0.25, 0.3) is 0 Å². The molecule has 3 nitrogen and oxygen atoms in total. The quantitative estimate of drug-likeness (QED) is 0.768. The van der Waals surface area contributed by atoms with Crippen molar-refractivity contribution in [1.82, 2.24) is 0 Å². The van der Waals surface area contributed by atoms with Gasteiger partial charge in [0.2, 0.25) is 0 Å². The van der Waals surface area contributed by atoms with Gasteiger partial charge >= 0.3 is 0 Å². The fourth-order valence-corrected chi connectivity index (χ4v) is 2.13. The molecule has 2 aromatic carbocycles. The van der Waals surface area contributed by atoms with E-state index >= 15 is 0 Å². The molecule has 20 heavy (non-hydrogen) atoms. The third-order valence-corrected chi connectivity index (χ3v) is 3.31. The second-order valence-electron chi connectivity index (χ2n) is 4.05. The Morgan fingerprint density at radius 3 is 2.55 bits per heavy atom. The Morgan fingerprint density at radius 2 is 1.90 bits per heavy atom. The molecule has 0 spiro atoms. The van der Waals surface area contributed by atoms with Crippen molar-refractivity contribution in [2.24, 2.45) is 0 Å². The van der Waals surface area contributed by atoms with E-state index in [2.05, 4.69) is 0 Å². The summed E-state index contributed by atoms with van der Waals surface area (Å²) in [7, 11) is 1.52. The van der Waals surface area contributed by atoms with Crippen LogP contribution < -0.4 is 9.47 Å². The summed E-state index contributed by atoms with van der Waals surface area (Å²) in [5.41, 5.74) is 1.34. The van der Waals surface area contributed by atoms with Crippen LogP contribution in [0.15, 0.2) is 36.4 Å². The smallest absolute Gasteiger partial charge is 0.161 e. The van der Waals surface area contributed by atoms with Gasteiger partial charge < -0.3 is 9.47 Å². The SMILES string of the molecule is COc1cc(C=O)ccc1OCc1ccc(Cl)cc1Cl. The Morgan fingerprint density at radius 1 is 1.10 bits per heavy atom. The van der Waals surface area contributed by atoms with Gasteiger partial charge in [-0.25, -0.2) is 0 Å². The molecule has 104 valence electrons. The maximum absolute atomic E-state index is 10.7. The molecule has 0 fully saturated rings. The van der Waals surface area contributed by atoms with Gasteiger partial charge in [0.05, 0.1) is 7.11 Å². The van der Waals surface area contributed by atoms with Crippen molar-refractivity contribution >= 4 is 29.5 Å². The van der Waals surface area contributed by atoms with Crippen LogP contribution in [0.3, 0.4) is 0 Å². The summed E-state index contributed by atoms with van der Waals surface area (Å²) < 4.78 is 10.9. The highest BCUT2D eigenvalue weighted by atomic mass is 35.5. The first-order valence-corrected chi connectivity index (χ1v) is 6.59. The number of benzene rings is 2. The molecule has 0 heterocycles. The van der Waals surface area contributed by atoms with Crippen LogP contribution in [0.1, 0.15) is 15.9 Å². The van der Waals surface area contributed by atoms with Crippen molar-refractivity contribution in [1.29, 1.82) is 0 Å². The first-order valence-electron chi connectivity index (χ1n) is 5.84. The van der Waals surface area contributed by atoms with Gasteiger partial charge in [0.15, 0.2) is 11.5 Å². The van der Waals surface area contributed by atoms with E-state index in [0.717, 1.165) is 11.8 Å². The molecule has 0 aliphatic carbocycles. The topological polar surface area (TPSA) is 35.5 Å². The highest BCUT2D eigenvalue weighted by molar-refractivity contribution is 6.35. The van der Waals surface area contributed by atoms with Crippen molar-refractivity contribution < 1.29 is 14.3 Å². The number of hydrogen-bond acceptors (Lipinski definition) is 3. The van der Waals surface area contributed by atoms with E-state index in [-0.39, 0.29) is 6.61 Å². The molecule has 2 rings (SSSR count). The summed E-state index contributed by atoms with van der Waals surface area (Å²) in [4.78, 5) is 10.7. The van der Waals surface area contributed by atoms with Gasteiger partial charge in [-0.05, 0) is 30.3 Å². The van der Waals surface area contributed by atoms with Crippen LogP contribution in [0.5, 0.6) is 11.5 Å². The summed E-state index contributed by atoms with van der Waals surface area (Å²) in [6.07, 6.45) is 0.752. The van der Waals surface area contributed by atoms with Crippen LogP contribution in [-0.4, -0.2) is 13.4 Å². The van der Waals surface area contributed by atoms with E-state index in [1.807, 2.05) is 0 Å². The van der Waals surface area contributed by atoms with Gasteiger partial charge in [-0.3, -0.25) is 4.79 Å². The molecular weight excluding hydrogens is 299 g/mol. The molecule has 2 aromatic rings. The average molecular weight is 311 g/mol. The second kappa shape index (κ2) is 6.64. The predicted octanol–water partition coefficient (Wildman–Crippen LogP) is 4.39. The Bertz CT molecular complexity index is 627. The first kappa shape index (κ1) is 14.7. The zero-order valence-corrected chi connectivity index (χ0v) is 12.2. The summed E-state index contributed by atoms with van der Waals surface area (Å²) >= 11 is 11.9. The Balaban J connectivity index is 2.16. The monoisotopic (exact) mass is 310 g/mol. The van der Waals surface area contributed by atoms with Crippen LogP contribution >= 0.6 is 23.2 Å². The standard InChI is InChI=1S/C15H12Cl2O3/c1-19-15-6-10(8-18)2-5-14(15)20-9-11-3-4-12(16)7-13(11)17/h2-8H,9H2,1H3. The molecule has 0 amide bonds.